The van der Waals surface area contributed by atoms with Crippen molar-refractivity contribution in [3.8, 4) is 11.8 Å². The number of hydrogen-bond acceptors (Lipinski definition) is 3. The molecule has 6 heteroatoms. The number of rotatable bonds is 4. The van der Waals surface area contributed by atoms with Gasteiger partial charge in [-0.2, -0.15) is 5.26 Å². The molecule has 0 fully saturated rings. The minimum atomic E-state index is -1.48. The van der Waals surface area contributed by atoms with Crippen molar-refractivity contribution < 1.29 is 14.0 Å². The first-order valence-corrected chi connectivity index (χ1v) is 6.16. The van der Waals surface area contributed by atoms with Crippen LogP contribution in [0.3, 0.4) is 0 Å². The predicted molar refractivity (Wildman–Crippen MR) is 73.2 cm³/mol. The largest absolute Gasteiger partial charge is 0.358 e. The zero-order valence-corrected chi connectivity index (χ0v) is 11.2. The Morgan fingerprint density at radius 2 is 2.00 bits per heavy atom. The van der Waals surface area contributed by atoms with Crippen molar-refractivity contribution in [3.05, 3.63) is 54.1 Å². The van der Waals surface area contributed by atoms with Gasteiger partial charge >= 0.3 is 0 Å². The molecule has 0 aliphatic heterocycles. The van der Waals surface area contributed by atoms with E-state index in [9.17, 15) is 14.0 Å². The van der Waals surface area contributed by atoms with Crippen LogP contribution in [0, 0.1) is 23.1 Å². The van der Waals surface area contributed by atoms with Gasteiger partial charge in [0, 0.05) is 25.0 Å². The van der Waals surface area contributed by atoms with Gasteiger partial charge in [-0.25, -0.2) is 4.39 Å². The molecule has 0 bridgehead atoms. The summed E-state index contributed by atoms with van der Waals surface area (Å²) in [4.78, 5) is 23.5. The van der Waals surface area contributed by atoms with Gasteiger partial charge in [0.1, 0.15) is 5.82 Å². The van der Waals surface area contributed by atoms with Crippen molar-refractivity contribution in [3.63, 3.8) is 0 Å². The van der Waals surface area contributed by atoms with Crippen molar-refractivity contribution in [1.82, 2.24) is 9.88 Å². The molecule has 1 amide bonds. The molecule has 2 rings (SSSR count). The summed E-state index contributed by atoms with van der Waals surface area (Å²) in [5.41, 5.74) is 0.267. The number of carbonyl (C=O) groups excluding carboxylic acids is 2. The van der Waals surface area contributed by atoms with Gasteiger partial charge in [-0.05, 0) is 30.3 Å². The van der Waals surface area contributed by atoms with E-state index in [1.807, 2.05) is 0 Å². The van der Waals surface area contributed by atoms with Gasteiger partial charge < -0.3 is 9.88 Å². The normalized spacial score (nSPS) is 11.5. The fraction of sp³-hybridized carbons (Fsp3) is 0.133. The summed E-state index contributed by atoms with van der Waals surface area (Å²) in [7, 11) is 1.33. The van der Waals surface area contributed by atoms with Gasteiger partial charge in [0.25, 0.3) is 0 Å². The highest BCUT2D eigenvalue weighted by molar-refractivity contribution is 6.12. The zero-order valence-electron chi connectivity index (χ0n) is 11.2. The summed E-state index contributed by atoms with van der Waals surface area (Å²) in [6, 6.07) is 8.98. The van der Waals surface area contributed by atoms with Gasteiger partial charge in [0.2, 0.25) is 5.91 Å². The number of nitriles is 1. The van der Waals surface area contributed by atoms with Crippen LogP contribution in [0.2, 0.25) is 0 Å². The van der Waals surface area contributed by atoms with Crippen LogP contribution in [0.4, 0.5) is 4.39 Å². The van der Waals surface area contributed by atoms with Gasteiger partial charge in [-0.3, -0.25) is 9.59 Å². The van der Waals surface area contributed by atoms with E-state index in [1.165, 1.54) is 19.2 Å². The monoisotopic (exact) mass is 285 g/mol. The second kappa shape index (κ2) is 6.01. The Morgan fingerprint density at radius 1 is 1.33 bits per heavy atom. The maximum Gasteiger partial charge on any atom is 0.245 e. The van der Waals surface area contributed by atoms with Crippen LogP contribution in [0.1, 0.15) is 10.4 Å². The molecule has 1 aromatic carbocycles. The number of benzene rings is 1. The fourth-order valence-corrected chi connectivity index (χ4v) is 1.91. The predicted octanol–water partition coefficient (Wildman–Crippen LogP) is 1.68. The molecule has 0 saturated heterocycles. The van der Waals surface area contributed by atoms with E-state index >= 15 is 0 Å². The Morgan fingerprint density at radius 3 is 2.52 bits per heavy atom. The van der Waals surface area contributed by atoms with Crippen LogP contribution in [0.25, 0.3) is 5.69 Å². The minimum Gasteiger partial charge on any atom is -0.358 e. The van der Waals surface area contributed by atoms with Gasteiger partial charge in [-0.15, -0.1) is 0 Å². The number of Topliss-reactive ketones (excluding diaryl/α,β-unsaturated/α-hetero) is 1. The number of nitrogens with zero attached hydrogens (tertiary/aromatic N) is 2. The molecule has 21 heavy (non-hydrogen) atoms. The molecular weight excluding hydrogens is 273 g/mol. The van der Waals surface area contributed by atoms with Crippen molar-refractivity contribution in [2.75, 3.05) is 7.05 Å². The number of ketones is 1. The van der Waals surface area contributed by atoms with Gasteiger partial charge in [-0.1, -0.05) is 0 Å². The second-order valence-corrected chi connectivity index (χ2v) is 4.30. The third kappa shape index (κ3) is 2.82. The smallest absolute Gasteiger partial charge is 0.245 e. The Hall–Kier alpha value is -2.94. The van der Waals surface area contributed by atoms with Crippen molar-refractivity contribution in [1.29, 1.82) is 5.26 Å². The lowest BCUT2D eigenvalue weighted by molar-refractivity contribution is -0.121. The first-order chi connectivity index (χ1) is 10.1. The lowest BCUT2D eigenvalue weighted by Crippen LogP contribution is -2.32. The van der Waals surface area contributed by atoms with Crippen LogP contribution < -0.4 is 5.32 Å². The Labute approximate surface area is 120 Å². The number of carbonyl (C=O) groups is 2. The molecular formula is C15H12FN3O2. The molecule has 0 radical (unpaired) electrons. The summed E-state index contributed by atoms with van der Waals surface area (Å²) >= 11 is 0. The highest BCUT2D eigenvalue weighted by atomic mass is 19.1. The summed E-state index contributed by atoms with van der Waals surface area (Å²) in [5.74, 6) is -3.52. The lowest BCUT2D eigenvalue weighted by Gasteiger charge is -2.09. The average molecular weight is 285 g/mol. The molecule has 1 heterocycles. The molecule has 0 aliphatic rings. The first-order valence-electron chi connectivity index (χ1n) is 6.16. The second-order valence-electron chi connectivity index (χ2n) is 4.30. The Kier molecular flexibility index (Phi) is 4.14. The molecule has 0 unspecified atom stereocenters. The van der Waals surface area contributed by atoms with E-state index in [1.54, 1.807) is 35.2 Å². The number of nitrogens with one attached hydrogen (secondary N) is 1. The first kappa shape index (κ1) is 14.5. The van der Waals surface area contributed by atoms with Crippen LogP contribution in [-0.4, -0.2) is 23.3 Å². The summed E-state index contributed by atoms with van der Waals surface area (Å²) in [6.07, 6.45) is 3.34. The quantitative estimate of drug-likeness (QED) is 0.686. The number of halogens is 1. The fourth-order valence-electron chi connectivity index (χ4n) is 1.91. The molecule has 1 aromatic heterocycles. The lowest BCUT2D eigenvalue weighted by atomic mass is 9.97. The molecule has 106 valence electrons. The topological polar surface area (TPSA) is 74.9 Å². The van der Waals surface area contributed by atoms with Crippen molar-refractivity contribution in [2.45, 2.75) is 0 Å². The van der Waals surface area contributed by atoms with E-state index < -0.39 is 23.4 Å². The number of amides is 1. The Bertz CT molecular complexity index is 717. The highest BCUT2D eigenvalue weighted by Gasteiger charge is 2.27. The van der Waals surface area contributed by atoms with Gasteiger partial charge in [0.15, 0.2) is 11.7 Å². The van der Waals surface area contributed by atoms with Crippen LogP contribution in [0.5, 0.6) is 0 Å². The Balaban J connectivity index is 2.34. The van der Waals surface area contributed by atoms with Crippen LogP contribution in [-0.2, 0) is 4.79 Å². The van der Waals surface area contributed by atoms with E-state index in [4.69, 9.17) is 5.26 Å². The highest BCUT2D eigenvalue weighted by Crippen LogP contribution is 2.18. The van der Waals surface area contributed by atoms with Crippen LogP contribution in [0.15, 0.2) is 42.7 Å². The molecule has 0 aliphatic carbocycles. The van der Waals surface area contributed by atoms with E-state index in [2.05, 4.69) is 5.32 Å². The third-order valence-corrected chi connectivity index (χ3v) is 3.01. The molecule has 2 aromatic rings. The third-order valence-electron chi connectivity index (χ3n) is 3.01. The van der Waals surface area contributed by atoms with Crippen molar-refractivity contribution in [2.24, 2.45) is 5.92 Å². The standard InChI is InChI=1S/C15H12FN3O2/c1-18-15(21)11(9-17)14(20)10-4-5-13(12(16)8-10)19-6-2-3-7-19/h2-8,11H,1H3,(H,18,21)/t11-/m0/s1. The van der Waals surface area contributed by atoms with E-state index in [0.29, 0.717) is 0 Å². The molecule has 0 saturated carbocycles. The van der Waals surface area contributed by atoms with Crippen LogP contribution >= 0.6 is 0 Å². The molecule has 0 spiro atoms. The van der Waals surface area contributed by atoms with E-state index in [-0.39, 0.29) is 11.3 Å². The maximum absolute atomic E-state index is 14.1. The summed E-state index contributed by atoms with van der Waals surface area (Å²) in [6.45, 7) is 0. The summed E-state index contributed by atoms with van der Waals surface area (Å²) < 4.78 is 15.6. The SMILES string of the molecule is CNC(=O)[C@@H](C#N)C(=O)c1ccc(-n2cccc2)c(F)c1. The average Bonchev–Trinajstić information content (AvgIpc) is 3.01. The molecule has 1 atom stereocenters. The summed E-state index contributed by atoms with van der Waals surface area (Å²) in [5, 5.41) is 11.1. The maximum atomic E-state index is 14.1. The minimum absolute atomic E-state index is 0.0152. The van der Waals surface area contributed by atoms with Gasteiger partial charge in [0.05, 0.1) is 11.8 Å². The van der Waals surface area contributed by atoms with E-state index in [0.717, 1.165) is 6.07 Å². The zero-order chi connectivity index (χ0) is 15.4. The van der Waals surface area contributed by atoms with Crippen molar-refractivity contribution >= 4 is 11.7 Å². The molecule has 5 nitrogen and oxygen atoms in total. The number of hydrogen-bond donors (Lipinski definition) is 1. The number of aromatic nitrogens is 1. The molecule has 1 N–H and O–H groups in total.